The predicted octanol–water partition coefficient (Wildman–Crippen LogP) is 4.77. The van der Waals surface area contributed by atoms with Gasteiger partial charge in [0, 0.05) is 11.8 Å². The number of fused-ring (bicyclic) bond motifs is 1. The number of halogens is 1. The number of carbonyl (C=O) groups is 1. The number of hydrogen-bond acceptors (Lipinski definition) is 8. The van der Waals surface area contributed by atoms with Crippen LogP contribution in [0.15, 0.2) is 71.6 Å². The molecule has 0 bridgehead atoms. The van der Waals surface area contributed by atoms with E-state index in [2.05, 4.69) is 30.6 Å². The number of sulfonamides is 1. The largest absolute Gasteiger partial charge is 0.497 e. The summed E-state index contributed by atoms with van der Waals surface area (Å²) in [4.78, 5) is 21.6. The van der Waals surface area contributed by atoms with E-state index < -0.39 is 15.6 Å². The number of hydrogen-bond donors (Lipinski definition) is 4. The molecule has 0 spiro atoms. The van der Waals surface area contributed by atoms with Crippen molar-refractivity contribution >= 4 is 61.6 Å². The molecule has 0 aliphatic heterocycles. The second-order valence-corrected chi connectivity index (χ2v) is 10.9. The number of likely N-dealkylation sites (N-methyl/N-ethyl adjacent to an activating group) is 1. The number of ether oxygens (including phenoxy) is 1. The minimum absolute atomic E-state index is 0.0339. The molecule has 4 rings (SSSR count). The minimum atomic E-state index is -4.14. The van der Waals surface area contributed by atoms with Crippen molar-refractivity contribution in [2.45, 2.75) is 24.3 Å². The molecule has 0 saturated carbocycles. The van der Waals surface area contributed by atoms with E-state index in [1.165, 1.54) is 25.3 Å². The fourth-order valence-corrected chi connectivity index (χ4v) is 4.56. The maximum atomic E-state index is 13.4. The molecule has 3 aromatic carbocycles. The lowest BCUT2D eigenvalue weighted by Crippen LogP contribution is -2.47. The van der Waals surface area contributed by atoms with Crippen molar-refractivity contribution in [1.82, 2.24) is 15.3 Å². The summed E-state index contributed by atoms with van der Waals surface area (Å²) in [6.07, 6.45) is 0. The highest BCUT2D eigenvalue weighted by atomic mass is 35.5. The average Bonchev–Trinajstić information content (AvgIpc) is 2.90. The molecule has 10 nitrogen and oxygen atoms in total. The zero-order valence-electron chi connectivity index (χ0n) is 21.2. The van der Waals surface area contributed by atoms with Crippen molar-refractivity contribution in [3.05, 3.63) is 71.8 Å². The first-order valence-corrected chi connectivity index (χ1v) is 13.4. The Bertz CT molecular complexity index is 1610. The van der Waals surface area contributed by atoms with Crippen LogP contribution in [-0.4, -0.2) is 44.0 Å². The van der Waals surface area contributed by atoms with E-state index in [9.17, 15) is 13.2 Å². The van der Waals surface area contributed by atoms with Crippen LogP contribution in [0.25, 0.3) is 11.0 Å². The first-order chi connectivity index (χ1) is 18.0. The number of aromatic nitrogens is 2. The third-order valence-corrected chi connectivity index (χ3v) is 7.49. The molecule has 1 amide bonds. The van der Waals surface area contributed by atoms with Crippen molar-refractivity contribution < 1.29 is 17.9 Å². The Morgan fingerprint density at radius 1 is 0.947 bits per heavy atom. The normalized spacial score (nSPS) is 11.7. The molecule has 1 aromatic heterocycles. The van der Waals surface area contributed by atoms with Crippen LogP contribution in [0.2, 0.25) is 5.02 Å². The third-order valence-electron chi connectivity index (χ3n) is 5.82. The molecule has 0 unspecified atom stereocenters. The number of nitrogens with zero attached hydrogens (tertiary/aromatic N) is 2. The zero-order valence-corrected chi connectivity index (χ0v) is 22.7. The van der Waals surface area contributed by atoms with Gasteiger partial charge in [0.15, 0.2) is 11.6 Å². The van der Waals surface area contributed by atoms with Crippen LogP contribution in [0, 0.1) is 0 Å². The van der Waals surface area contributed by atoms with Crippen LogP contribution < -0.4 is 25.4 Å². The number of benzene rings is 3. The fourth-order valence-electron chi connectivity index (χ4n) is 3.34. The van der Waals surface area contributed by atoms with Gasteiger partial charge in [-0.1, -0.05) is 29.8 Å². The molecular weight excluding hydrogens is 528 g/mol. The number of carbonyl (C=O) groups excluding carboxylic acids is 1. The van der Waals surface area contributed by atoms with Crippen molar-refractivity contribution in [3.8, 4) is 5.75 Å². The lowest BCUT2D eigenvalue weighted by Gasteiger charge is -2.22. The molecule has 38 heavy (non-hydrogen) atoms. The molecule has 0 aliphatic rings. The van der Waals surface area contributed by atoms with Crippen LogP contribution in [0.5, 0.6) is 5.75 Å². The summed E-state index contributed by atoms with van der Waals surface area (Å²) < 4.78 is 34.6. The van der Waals surface area contributed by atoms with E-state index in [1.54, 1.807) is 69.4 Å². The SMILES string of the molecule is CNC(C)(C)C(=O)Nc1cccc(S(=O)(=O)Nc2nc3ccccc3nc2Nc2cc(OC)ccc2Cl)c1. The smallest absolute Gasteiger partial charge is 0.263 e. The van der Waals surface area contributed by atoms with Crippen molar-refractivity contribution in [2.24, 2.45) is 0 Å². The van der Waals surface area contributed by atoms with E-state index in [4.69, 9.17) is 16.3 Å². The third kappa shape index (κ3) is 5.96. The summed E-state index contributed by atoms with van der Waals surface area (Å²) in [5, 5.41) is 9.09. The monoisotopic (exact) mass is 554 g/mol. The van der Waals surface area contributed by atoms with Crippen molar-refractivity contribution in [3.63, 3.8) is 0 Å². The van der Waals surface area contributed by atoms with Crippen LogP contribution in [0.3, 0.4) is 0 Å². The Hall–Kier alpha value is -3.93. The highest BCUT2D eigenvalue weighted by Crippen LogP contribution is 2.33. The highest BCUT2D eigenvalue weighted by Gasteiger charge is 2.26. The second-order valence-electron chi connectivity index (χ2n) is 8.84. The Balaban J connectivity index is 1.71. The summed E-state index contributed by atoms with van der Waals surface area (Å²) >= 11 is 6.36. The van der Waals surface area contributed by atoms with Crippen molar-refractivity contribution in [2.75, 3.05) is 29.5 Å². The van der Waals surface area contributed by atoms with E-state index >= 15 is 0 Å². The first kappa shape index (κ1) is 27.1. The van der Waals surface area contributed by atoms with Gasteiger partial charge in [0.1, 0.15) is 5.75 Å². The topological polar surface area (TPSA) is 134 Å². The summed E-state index contributed by atoms with van der Waals surface area (Å²) in [7, 11) is -0.944. The molecular formula is C26H27ClN6O4S. The van der Waals surface area contributed by atoms with Crippen LogP contribution in [-0.2, 0) is 14.8 Å². The van der Waals surface area contributed by atoms with Gasteiger partial charge in [0.2, 0.25) is 5.91 Å². The lowest BCUT2D eigenvalue weighted by atomic mass is 10.1. The van der Waals surface area contributed by atoms with Gasteiger partial charge in [0.05, 0.1) is 39.3 Å². The zero-order chi connectivity index (χ0) is 27.5. The Morgan fingerprint density at radius 2 is 1.63 bits per heavy atom. The number of anilines is 4. The molecule has 0 saturated heterocycles. The maximum Gasteiger partial charge on any atom is 0.263 e. The Kier molecular flexibility index (Phi) is 7.72. The van der Waals surface area contributed by atoms with E-state index in [0.717, 1.165) is 0 Å². The quantitative estimate of drug-likeness (QED) is 0.232. The molecule has 0 fully saturated rings. The standard InChI is InChI=1S/C26H27ClN6O4S/c1-26(2,28-3)25(34)29-16-8-7-9-18(14-16)38(35,36)33-24-23(30-20-10-5-6-11-21(20)31-24)32-22-15-17(37-4)12-13-19(22)27/h5-15,28H,1-4H3,(H,29,34)(H,30,32)(H,31,33). The molecule has 0 aliphatic carbocycles. The van der Waals surface area contributed by atoms with Gasteiger partial charge in [-0.15, -0.1) is 0 Å². The summed E-state index contributed by atoms with van der Waals surface area (Å²) in [6, 6.07) is 18.0. The van der Waals surface area contributed by atoms with Crippen LogP contribution >= 0.6 is 11.6 Å². The molecule has 1 heterocycles. The number of para-hydroxylation sites is 2. The molecule has 0 atom stereocenters. The molecule has 198 valence electrons. The number of amides is 1. The van der Waals surface area contributed by atoms with E-state index in [1.807, 2.05) is 0 Å². The van der Waals surface area contributed by atoms with Gasteiger partial charge in [-0.3, -0.25) is 9.52 Å². The maximum absolute atomic E-state index is 13.4. The van der Waals surface area contributed by atoms with Crippen LogP contribution in [0.4, 0.5) is 23.0 Å². The summed E-state index contributed by atoms with van der Waals surface area (Å²) in [5.74, 6) is 0.341. The van der Waals surface area contributed by atoms with E-state index in [0.29, 0.717) is 33.2 Å². The van der Waals surface area contributed by atoms with Gasteiger partial charge >= 0.3 is 0 Å². The van der Waals surface area contributed by atoms with Crippen molar-refractivity contribution in [1.29, 1.82) is 0 Å². The second kappa shape index (κ2) is 10.8. The van der Waals surface area contributed by atoms with Gasteiger partial charge in [-0.2, -0.15) is 0 Å². The number of nitrogens with one attached hydrogen (secondary N) is 4. The summed E-state index contributed by atoms with van der Waals surface area (Å²) in [6.45, 7) is 3.43. The van der Waals surface area contributed by atoms with Gasteiger partial charge < -0.3 is 20.7 Å². The molecule has 4 aromatic rings. The Labute approximate surface area is 225 Å². The van der Waals surface area contributed by atoms with Gasteiger partial charge in [0.25, 0.3) is 10.0 Å². The van der Waals surface area contributed by atoms with Crippen LogP contribution in [0.1, 0.15) is 13.8 Å². The minimum Gasteiger partial charge on any atom is -0.497 e. The van der Waals surface area contributed by atoms with Gasteiger partial charge in [-0.05, 0) is 63.4 Å². The highest BCUT2D eigenvalue weighted by molar-refractivity contribution is 7.92. The number of rotatable bonds is 9. The average molecular weight is 555 g/mol. The van der Waals surface area contributed by atoms with E-state index in [-0.39, 0.29) is 22.4 Å². The number of methoxy groups -OCH3 is 1. The Morgan fingerprint density at radius 3 is 2.29 bits per heavy atom. The fraction of sp³-hybridized carbons (Fsp3) is 0.192. The molecule has 4 N–H and O–H groups in total. The molecule has 0 radical (unpaired) electrons. The summed E-state index contributed by atoms with van der Waals surface area (Å²) in [5.41, 5.74) is 0.965. The molecule has 12 heteroatoms. The predicted molar refractivity (Wildman–Crippen MR) is 150 cm³/mol. The lowest BCUT2D eigenvalue weighted by molar-refractivity contribution is -0.121. The van der Waals surface area contributed by atoms with Gasteiger partial charge in [-0.25, -0.2) is 18.4 Å². The first-order valence-electron chi connectivity index (χ1n) is 11.5.